The number of aliphatic hydroxyl groups is 2. The summed E-state index contributed by atoms with van der Waals surface area (Å²) in [6.07, 6.45) is 1.63. The van der Waals surface area contributed by atoms with Crippen LogP contribution in [0.3, 0.4) is 0 Å². The van der Waals surface area contributed by atoms with Crippen LogP contribution in [0, 0.1) is 6.92 Å². The summed E-state index contributed by atoms with van der Waals surface area (Å²) in [4.78, 5) is 9.19. The predicted octanol–water partition coefficient (Wildman–Crippen LogP) is 1.54. The molecule has 1 heterocycles. The van der Waals surface area contributed by atoms with E-state index in [4.69, 9.17) is 5.11 Å². The van der Waals surface area contributed by atoms with E-state index >= 15 is 0 Å². The van der Waals surface area contributed by atoms with Crippen LogP contribution in [0.1, 0.15) is 37.1 Å². The maximum absolute atomic E-state index is 9.44. The Bertz CT molecular complexity index is 438. The molecule has 6 heteroatoms. The molecule has 0 amide bonds. The molecule has 1 aromatic heterocycles. The van der Waals surface area contributed by atoms with Gasteiger partial charge in [-0.05, 0) is 26.7 Å². The third kappa shape index (κ3) is 3.81. The molecule has 1 aliphatic carbocycles. The third-order valence-corrected chi connectivity index (χ3v) is 4.25. The predicted molar refractivity (Wildman–Crippen MR) is 76.7 cm³/mol. The van der Waals surface area contributed by atoms with E-state index in [0.717, 1.165) is 41.6 Å². The van der Waals surface area contributed by atoms with E-state index in [0.29, 0.717) is 11.7 Å². The van der Waals surface area contributed by atoms with Crippen LogP contribution in [0.4, 0.5) is 5.82 Å². The lowest BCUT2D eigenvalue weighted by atomic mass is 10.3. The molecule has 0 saturated heterocycles. The van der Waals surface area contributed by atoms with Crippen LogP contribution in [0.15, 0.2) is 5.03 Å². The molecule has 1 fully saturated rings. The summed E-state index contributed by atoms with van der Waals surface area (Å²) < 4.78 is 0. The quantitative estimate of drug-likeness (QED) is 0.520. The number of thioether (sulfide) groups is 1. The topological polar surface area (TPSA) is 78.3 Å². The minimum Gasteiger partial charge on any atom is -0.394 e. The molecule has 1 saturated carbocycles. The fourth-order valence-corrected chi connectivity index (χ4v) is 2.67. The second-order valence-corrected chi connectivity index (χ2v) is 5.82. The molecule has 0 radical (unpaired) electrons. The van der Waals surface area contributed by atoms with E-state index in [1.807, 2.05) is 13.8 Å². The molecule has 0 aliphatic heterocycles. The first-order valence-corrected chi connectivity index (χ1v) is 7.68. The molecular weight excluding hydrogens is 262 g/mol. The molecule has 1 aliphatic rings. The Hall–Kier alpha value is -0.850. The summed E-state index contributed by atoms with van der Waals surface area (Å²) in [5, 5.41) is 22.5. The van der Waals surface area contributed by atoms with Crippen molar-refractivity contribution in [1.82, 2.24) is 9.97 Å². The van der Waals surface area contributed by atoms with Gasteiger partial charge in [0, 0.05) is 23.8 Å². The maximum Gasteiger partial charge on any atom is 0.135 e. The third-order valence-electron chi connectivity index (χ3n) is 3.03. The first-order valence-electron chi connectivity index (χ1n) is 6.69. The van der Waals surface area contributed by atoms with Gasteiger partial charge in [0.05, 0.1) is 12.7 Å². The summed E-state index contributed by atoms with van der Waals surface area (Å²) in [5.41, 5.74) is 1.02. The standard InChI is InChI=1S/C13H21N3O2S/c1-3-14-11-8(2)13(19-7-10(18)6-17)16-12(15-11)9-4-5-9/h9-10,17-18H,3-7H2,1-2H3,(H,14,15,16). The molecule has 0 aromatic carbocycles. The van der Waals surface area contributed by atoms with Gasteiger partial charge in [0.15, 0.2) is 0 Å². The van der Waals surface area contributed by atoms with Crippen molar-refractivity contribution in [3.8, 4) is 0 Å². The largest absolute Gasteiger partial charge is 0.394 e. The SMILES string of the molecule is CCNc1nc(C2CC2)nc(SCC(O)CO)c1C. The lowest BCUT2D eigenvalue weighted by Gasteiger charge is -2.13. The Kier molecular flexibility index (Phi) is 5.01. The summed E-state index contributed by atoms with van der Waals surface area (Å²) in [6.45, 7) is 4.64. The molecule has 1 atom stereocenters. The van der Waals surface area contributed by atoms with E-state index in [2.05, 4.69) is 15.3 Å². The van der Waals surface area contributed by atoms with E-state index in [-0.39, 0.29) is 6.61 Å². The van der Waals surface area contributed by atoms with Crippen molar-refractivity contribution in [2.75, 3.05) is 24.2 Å². The molecule has 1 unspecified atom stereocenters. The zero-order valence-corrected chi connectivity index (χ0v) is 12.2. The van der Waals surface area contributed by atoms with Gasteiger partial charge in [-0.2, -0.15) is 0 Å². The van der Waals surface area contributed by atoms with Crippen LogP contribution in [0.5, 0.6) is 0 Å². The van der Waals surface area contributed by atoms with Crippen molar-refractivity contribution in [3.05, 3.63) is 11.4 Å². The van der Waals surface area contributed by atoms with Crippen LogP contribution in [-0.4, -0.2) is 45.2 Å². The molecule has 2 rings (SSSR count). The van der Waals surface area contributed by atoms with Crippen molar-refractivity contribution in [2.45, 2.75) is 43.7 Å². The summed E-state index contributed by atoms with van der Waals surface area (Å²) in [5.74, 6) is 2.74. The average molecular weight is 283 g/mol. The van der Waals surface area contributed by atoms with Gasteiger partial charge in [-0.1, -0.05) is 0 Å². The molecule has 0 spiro atoms. The normalized spacial score (nSPS) is 16.4. The van der Waals surface area contributed by atoms with Gasteiger partial charge in [-0.15, -0.1) is 11.8 Å². The second-order valence-electron chi connectivity index (χ2n) is 4.81. The smallest absolute Gasteiger partial charge is 0.135 e. The highest BCUT2D eigenvalue weighted by Gasteiger charge is 2.28. The number of nitrogens with one attached hydrogen (secondary N) is 1. The Labute approximate surface area is 117 Å². The number of hydrogen-bond donors (Lipinski definition) is 3. The minimum atomic E-state index is -0.702. The number of anilines is 1. The lowest BCUT2D eigenvalue weighted by molar-refractivity contribution is 0.113. The minimum absolute atomic E-state index is 0.216. The van der Waals surface area contributed by atoms with Gasteiger partial charge < -0.3 is 15.5 Å². The number of aromatic nitrogens is 2. The van der Waals surface area contributed by atoms with E-state index < -0.39 is 6.10 Å². The van der Waals surface area contributed by atoms with Crippen molar-refractivity contribution >= 4 is 17.6 Å². The molecule has 19 heavy (non-hydrogen) atoms. The van der Waals surface area contributed by atoms with Crippen LogP contribution in [0.2, 0.25) is 0 Å². The zero-order chi connectivity index (χ0) is 13.8. The average Bonchev–Trinajstić information content (AvgIpc) is 3.23. The second kappa shape index (κ2) is 6.54. The summed E-state index contributed by atoms with van der Waals surface area (Å²) >= 11 is 1.48. The lowest BCUT2D eigenvalue weighted by Crippen LogP contribution is -2.15. The van der Waals surface area contributed by atoms with Crippen LogP contribution < -0.4 is 5.32 Å². The van der Waals surface area contributed by atoms with E-state index in [9.17, 15) is 5.11 Å². The molecule has 0 bridgehead atoms. The fraction of sp³-hybridized carbons (Fsp3) is 0.692. The number of rotatable bonds is 7. The molecule has 1 aromatic rings. The Morgan fingerprint density at radius 1 is 1.42 bits per heavy atom. The Morgan fingerprint density at radius 3 is 2.74 bits per heavy atom. The monoisotopic (exact) mass is 283 g/mol. The highest BCUT2D eigenvalue weighted by atomic mass is 32.2. The van der Waals surface area contributed by atoms with Crippen molar-refractivity contribution < 1.29 is 10.2 Å². The van der Waals surface area contributed by atoms with Gasteiger partial charge in [0.1, 0.15) is 16.7 Å². The first-order chi connectivity index (χ1) is 9.15. The van der Waals surface area contributed by atoms with Gasteiger partial charge >= 0.3 is 0 Å². The van der Waals surface area contributed by atoms with Crippen LogP contribution >= 0.6 is 11.8 Å². The highest BCUT2D eigenvalue weighted by molar-refractivity contribution is 7.99. The number of nitrogens with zero attached hydrogens (tertiary/aromatic N) is 2. The van der Waals surface area contributed by atoms with Gasteiger partial charge in [-0.25, -0.2) is 9.97 Å². The summed E-state index contributed by atoms with van der Waals surface area (Å²) in [7, 11) is 0. The van der Waals surface area contributed by atoms with Crippen molar-refractivity contribution in [1.29, 1.82) is 0 Å². The van der Waals surface area contributed by atoms with Gasteiger partial charge in [0.2, 0.25) is 0 Å². The fourth-order valence-electron chi connectivity index (χ4n) is 1.74. The number of hydrogen-bond acceptors (Lipinski definition) is 6. The van der Waals surface area contributed by atoms with Crippen molar-refractivity contribution in [3.63, 3.8) is 0 Å². The van der Waals surface area contributed by atoms with Crippen LogP contribution in [-0.2, 0) is 0 Å². The molecule has 5 nitrogen and oxygen atoms in total. The van der Waals surface area contributed by atoms with Crippen LogP contribution in [0.25, 0.3) is 0 Å². The van der Waals surface area contributed by atoms with E-state index in [1.54, 1.807) is 0 Å². The van der Waals surface area contributed by atoms with Gasteiger partial charge in [-0.3, -0.25) is 0 Å². The van der Waals surface area contributed by atoms with E-state index in [1.165, 1.54) is 11.8 Å². The summed E-state index contributed by atoms with van der Waals surface area (Å²) in [6, 6.07) is 0. The number of aliphatic hydroxyl groups excluding tert-OH is 2. The Morgan fingerprint density at radius 2 is 2.16 bits per heavy atom. The molecule has 106 valence electrons. The zero-order valence-electron chi connectivity index (χ0n) is 11.4. The van der Waals surface area contributed by atoms with Gasteiger partial charge in [0.25, 0.3) is 0 Å². The first kappa shape index (κ1) is 14.6. The molecule has 3 N–H and O–H groups in total. The van der Waals surface area contributed by atoms with Crippen molar-refractivity contribution in [2.24, 2.45) is 0 Å². The Balaban J connectivity index is 2.19. The maximum atomic E-state index is 9.44. The highest BCUT2D eigenvalue weighted by Crippen LogP contribution is 2.40. The molecular formula is C13H21N3O2S.